The van der Waals surface area contributed by atoms with E-state index in [1.165, 1.54) is 17.9 Å². The van der Waals surface area contributed by atoms with Crippen LogP contribution in [-0.2, 0) is 0 Å². The van der Waals surface area contributed by atoms with Crippen molar-refractivity contribution in [3.8, 4) is 0 Å². The van der Waals surface area contributed by atoms with Gasteiger partial charge in [0.15, 0.2) is 0 Å². The highest BCUT2D eigenvalue weighted by Crippen LogP contribution is 2.25. The van der Waals surface area contributed by atoms with E-state index in [2.05, 4.69) is 0 Å². The van der Waals surface area contributed by atoms with E-state index in [-0.39, 0.29) is 18.2 Å². The van der Waals surface area contributed by atoms with Crippen LogP contribution in [0.5, 0.6) is 0 Å². The van der Waals surface area contributed by atoms with Crippen LogP contribution in [0, 0.1) is 18.6 Å². The van der Waals surface area contributed by atoms with Crippen LogP contribution in [0.15, 0.2) is 12.1 Å². The monoisotopic (exact) mass is 283 g/mol. The predicted octanol–water partition coefficient (Wildman–Crippen LogP) is 2.65. The van der Waals surface area contributed by atoms with Crippen LogP contribution in [0.2, 0.25) is 0 Å². The number of likely N-dealkylation sites (tertiary alicyclic amines) is 1. The Hall–Kier alpha value is -1.49. The molecule has 1 fully saturated rings. The zero-order valence-corrected chi connectivity index (χ0v) is 11.5. The molecule has 3 nitrogen and oxygen atoms in total. The Bertz CT molecular complexity index is 503. The van der Waals surface area contributed by atoms with Crippen molar-refractivity contribution in [3.63, 3.8) is 0 Å². The Labute approximate surface area is 117 Å². The van der Waals surface area contributed by atoms with Crippen molar-refractivity contribution in [2.45, 2.75) is 38.6 Å². The summed E-state index contributed by atoms with van der Waals surface area (Å²) in [5.74, 6) is -2.23. The number of hydrogen-bond donors (Lipinski definition) is 1. The number of nitrogens with zero attached hydrogens (tertiary/aromatic N) is 1. The lowest BCUT2D eigenvalue weighted by atomic mass is 9.98. The Kier molecular flexibility index (Phi) is 4.70. The van der Waals surface area contributed by atoms with Gasteiger partial charge in [0.1, 0.15) is 17.2 Å². The number of aryl methyl sites for hydroxylation is 1. The van der Waals surface area contributed by atoms with Crippen LogP contribution in [0.3, 0.4) is 0 Å². The van der Waals surface area contributed by atoms with Gasteiger partial charge in [-0.15, -0.1) is 0 Å². The summed E-state index contributed by atoms with van der Waals surface area (Å²) >= 11 is 0. The summed E-state index contributed by atoms with van der Waals surface area (Å²) in [5.41, 5.74) is -0.222. The summed E-state index contributed by atoms with van der Waals surface area (Å²) in [6, 6.07) is 2.31. The molecule has 0 spiro atoms. The highest BCUT2D eigenvalue weighted by Gasteiger charge is 2.30. The Balaban J connectivity index is 2.32. The first-order valence-electron chi connectivity index (χ1n) is 6.92. The van der Waals surface area contributed by atoms with E-state index in [1.54, 1.807) is 0 Å². The topological polar surface area (TPSA) is 40.5 Å². The first-order valence-corrected chi connectivity index (χ1v) is 6.92. The minimum atomic E-state index is -0.827. The standard InChI is InChI=1S/C15H19F2NO2/c1-10-5-6-12(16)13(14(10)17)15(20)18-8-3-2-4-11(18)7-9-19/h5-6,11,19H,2-4,7-9H2,1H3. The molecule has 5 heteroatoms. The summed E-state index contributed by atoms with van der Waals surface area (Å²) in [5, 5.41) is 9.06. The van der Waals surface area contributed by atoms with Crippen LogP contribution < -0.4 is 0 Å². The van der Waals surface area contributed by atoms with E-state index in [4.69, 9.17) is 5.11 Å². The fraction of sp³-hybridized carbons (Fsp3) is 0.533. The number of amides is 1. The highest BCUT2D eigenvalue weighted by molar-refractivity contribution is 5.95. The molecule has 1 aromatic rings. The molecule has 1 atom stereocenters. The summed E-state index contributed by atoms with van der Waals surface area (Å²) in [7, 11) is 0. The quantitative estimate of drug-likeness (QED) is 0.926. The maximum Gasteiger partial charge on any atom is 0.260 e. The molecule has 110 valence electrons. The molecule has 0 saturated carbocycles. The molecule has 20 heavy (non-hydrogen) atoms. The average molecular weight is 283 g/mol. The van der Waals surface area contributed by atoms with Gasteiger partial charge in [0, 0.05) is 19.2 Å². The lowest BCUT2D eigenvalue weighted by Gasteiger charge is -2.35. The van der Waals surface area contributed by atoms with E-state index >= 15 is 0 Å². The molecular formula is C15H19F2NO2. The minimum absolute atomic E-state index is 0.0345. The maximum absolute atomic E-state index is 14.0. The second-order valence-corrected chi connectivity index (χ2v) is 5.21. The van der Waals surface area contributed by atoms with Gasteiger partial charge in [0.05, 0.1) is 0 Å². The lowest BCUT2D eigenvalue weighted by Crippen LogP contribution is -2.44. The molecule has 0 aromatic heterocycles. The number of rotatable bonds is 3. The van der Waals surface area contributed by atoms with Crippen molar-refractivity contribution < 1.29 is 18.7 Å². The van der Waals surface area contributed by atoms with Crippen LogP contribution >= 0.6 is 0 Å². The van der Waals surface area contributed by atoms with Crippen molar-refractivity contribution in [1.82, 2.24) is 4.90 Å². The van der Waals surface area contributed by atoms with Gasteiger partial charge < -0.3 is 10.0 Å². The van der Waals surface area contributed by atoms with Crippen molar-refractivity contribution >= 4 is 5.91 Å². The third-order valence-electron chi connectivity index (χ3n) is 3.85. The minimum Gasteiger partial charge on any atom is -0.396 e. The number of piperidine rings is 1. The average Bonchev–Trinajstić information content (AvgIpc) is 2.44. The summed E-state index contributed by atoms with van der Waals surface area (Å²) in [4.78, 5) is 13.9. The number of hydrogen-bond acceptors (Lipinski definition) is 2. The molecular weight excluding hydrogens is 264 g/mol. The fourth-order valence-corrected chi connectivity index (χ4v) is 2.71. The first-order chi connectivity index (χ1) is 9.56. The van der Waals surface area contributed by atoms with Gasteiger partial charge in [0.2, 0.25) is 0 Å². The number of carbonyl (C=O) groups is 1. The van der Waals surface area contributed by atoms with Crippen LogP contribution in [-0.4, -0.2) is 35.1 Å². The van der Waals surface area contributed by atoms with Gasteiger partial charge in [-0.25, -0.2) is 8.78 Å². The van der Waals surface area contributed by atoms with E-state index in [0.29, 0.717) is 13.0 Å². The molecule has 1 N–H and O–H groups in total. The molecule has 0 bridgehead atoms. The normalized spacial score (nSPS) is 19.2. The number of benzene rings is 1. The molecule has 0 radical (unpaired) electrons. The third-order valence-corrected chi connectivity index (χ3v) is 3.85. The second kappa shape index (κ2) is 6.31. The molecule has 1 aromatic carbocycles. The fourth-order valence-electron chi connectivity index (χ4n) is 2.71. The molecule has 1 aliphatic rings. The zero-order chi connectivity index (χ0) is 14.7. The number of halogens is 2. The molecule has 1 saturated heterocycles. The van der Waals surface area contributed by atoms with E-state index in [1.807, 2.05) is 0 Å². The molecule has 1 amide bonds. The SMILES string of the molecule is Cc1ccc(F)c(C(=O)N2CCCCC2CCO)c1F. The molecule has 1 unspecified atom stereocenters. The van der Waals surface area contributed by atoms with Gasteiger partial charge in [-0.3, -0.25) is 4.79 Å². The van der Waals surface area contributed by atoms with Crippen molar-refractivity contribution in [3.05, 3.63) is 34.9 Å². The van der Waals surface area contributed by atoms with Crippen molar-refractivity contribution in [2.75, 3.05) is 13.2 Å². The number of aliphatic hydroxyl groups excluding tert-OH is 1. The van der Waals surface area contributed by atoms with Gasteiger partial charge in [-0.2, -0.15) is 0 Å². The summed E-state index contributed by atoms with van der Waals surface area (Å²) in [6.07, 6.45) is 3.00. The predicted molar refractivity (Wildman–Crippen MR) is 71.5 cm³/mol. The third kappa shape index (κ3) is 2.82. The van der Waals surface area contributed by atoms with E-state index in [9.17, 15) is 13.6 Å². The molecule has 1 aliphatic heterocycles. The second-order valence-electron chi connectivity index (χ2n) is 5.21. The van der Waals surface area contributed by atoms with Gasteiger partial charge in [0.25, 0.3) is 5.91 Å². The largest absolute Gasteiger partial charge is 0.396 e. The molecule has 2 rings (SSSR count). The van der Waals surface area contributed by atoms with Gasteiger partial charge in [-0.1, -0.05) is 6.07 Å². The van der Waals surface area contributed by atoms with Crippen LogP contribution in [0.4, 0.5) is 8.78 Å². The smallest absolute Gasteiger partial charge is 0.260 e. The lowest BCUT2D eigenvalue weighted by molar-refractivity contribution is 0.0564. The van der Waals surface area contributed by atoms with Gasteiger partial charge in [-0.05, 0) is 44.2 Å². The summed E-state index contributed by atoms with van der Waals surface area (Å²) < 4.78 is 27.9. The highest BCUT2D eigenvalue weighted by atomic mass is 19.1. The van der Waals surface area contributed by atoms with E-state index in [0.717, 1.165) is 25.3 Å². The molecule has 0 aliphatic carbocycles. The Morgan fingerprint density at radius 1 is 1.40 bits per heavy atom. The van der Waals surface area contributed by atoms with Crippen LogP contribution in [0.25, 0.3) is 0 Å². The van der Waals surface area contributed by atoms with Crippen LogP contribution in [0.1, 0.15) is 41.6 Å². The zero-order valence-electron chi connectivity index (χ0n) is 11.5. The van der Waals surface area contributed by atoms with Crippen molar-refractivity contribution in [2.24, 2.45) is 0 Å². The molecule has 1 heterocycles. The Morgan fingerprint density at radius 3 is 2.85 bits per heavy atom. The maximum atomic E-state index is 14.0. The number of carbonyl (C=O) groups excluding carboxylic acids is 1. The van der Waals surface area contributed by atoms with Crippen molar-refractivity contribution in [1.29, 1.82) is 0 Å². The summed E-state index contributed by atoms with van der Waals surface area (Å²) in [6.45, 7) is 1.95. The first kappa shape index (κ1) is 14.9. The Morgan fingerprint density at radius 2 is 2.15 bits per heavy atom. The number of aliphatic hydroxyl groups is 1. The van der Waals surface area contributed by atoms with Gasteiger partial charge >= 0.3 is 0 Å². The van der Waals surface area contributed by atoms with E-state index < -0.39 is 23.1 Å².